The number of nitrogens with one attached hydrogen (secondary N) is 3. The second-order valence-corrected chi connectivity index (χ2v) is 5.51. The highest BCUT2D eigenvalue weighted by atomic mass is 16.4. The predicted octanol–water partition coefficient (Wildman–Crippen LogP) is -0.383. The normalized spacial score (nSPS) is 14.3. The number of carboxylic acid groups (broad SMARTS) is 1. The Labute approximate surface area is 140 Å². The molecule has 1 aromatic rings. The number of aromatic hydroxyl groups is 1. The van der Waals surface area contributed by atoms with Crippen LogP contribution in [0.3, 0.4) is 0 Å². The van der Waals surface area contributed by atoms with Crippen LogP contribution in [0.2, 0.25) is 0 Å². The number of carbonyl (C=O) groups is 3. The summed E-state index contributed by atoms with van der Waals surface area (Å²) in [7, 11) is 1.62. The van der Waals surface area contributed by atoms with E-state index < -0.39 is 30.0 Å². The first-order valence-electron chi connectivity index (χ1n) is 7.53. The Kier molecular flexibility index (Phi) is 7.19. The largest absolute Gasteiger partial charge is 0.508 e. The molecule has 3 unspecified atom stereocenters. The Bertz CT molecular complexity index is 588. The van der Waals surface area contributed by atoms with Gasteiger partial charge < -0.3 is 26.2 Å². The monoisotopic (exact) mass is 337 g/mol. The van der Waals surface area contributed by atoms with Crippen molar-refractivity contribution in [1.82, 2.24) is 16.0 Å². The van der Waals surface area contributed by atoms with E-state index in [2.05, 4.69) is 16.0 Å². The highest BCUT2D eigenvalue weighted by Crippen LogP contribution is 2.11. The van der Waals surface area contributed by atoms with E-state index in [9.17, 15) is 24.6 Å². The molecule has 0 saturated heterocycles. The fraction of sp³-hybridized carbons (Fsp3) is 0.438. The zero-order valence-corrected chi connectivity index (χ0v) is 13.9. The van der Waals surface area contributed by atoms with Gasteiger partial charge in [0.15, 0.2) is 0 Å². The van der Waals surface area contributed by atoms with Gasteiger partial charge in [-0.1, -0.05) is 12.1 Å². The summed E-state index contributed by atoms with van der Waals surface area (Å²) in [4.78, 5) is 35.2. The van der Waals surface area contributed by atoms with Crippen LogP contribution in [0.1, 0.15) is 19.4 Å². The number of carboxylic acids is 1. The molecule has 1 rings (SSSR count). The number of hydrogen-bond donors (Lipinski definition) is 5. The van der Waals surface area contributed by atoms with Crippen molar-refractivity contribution < 1.29 is 24.6 Å². The fourth-order valence-electron chi connectivity index (χ4n) is 1.90. The maximum Gasteiger partial charge on any atom is 0.326 e. The van der Waals surface area contributed by atoms with E-state index in [1.165, 1.54) is 19.1 Å². The van der Waals surface area contributed by atoms with Gasteiger partial charge in [-0.3, -0.25) is 9.59 Å². The van der Waals surface area contributed by atoms with Crippen LogP contribution in [-0.4, -0.2) is 53.2 Å². The van der Waals surface area contributed by atoms with Gasteiger partial charge in [-0.05, 0) is 38.6 Å². The summed E-state index contributed by atoms with van der Waals surface area (Å²) < 4.78 is 0. The van der Waals surface area contributed by atoms with E-state index in [1.807, 2.05) is 0 Å². The number of likely N-dealkylation sites (N-methyl/N-ethyl adjacent to an activating group) is 1. The summed E-state index contributed by atoms with van der Waals surface area (Å²) >= 11 is 0. The van der Waals surface area contributed by atoms with E-state index in [0.717, 1.165) is 0 Å². The maximum absolute atomic E-state index is 12.1. The minimum absolute atomic E-state index is 0.0644. The van der Waals surface area contributed by atoms with Crippen molar-refractivity contribution in [3.8, 4) is 5.75 Å². The maximum atomic E-state index is 12.1. The molecule has 0 heterocycles. The van der Waals surface area contributed by atoms with Crippen LogP contribution in [0, 0.1) is 0 Å². The Morgan fingerprint density at radius 1 is 1.00 bits per heavy atom. The number of benzene rings is 1. The lowest BCUT2D eigenvalue weighted by Crippen LogP contribution is -2.53. The smallest absolute Gasteiger partial charge is 0.326 e. The topological polar surface area (TPSA) is 128 Å². The number of hydrogen-bond acceptors (Lipinski definition) is 5. The molecule has 2 amide bonds. The molecule has 0 spiro atoms. The van der Waals surface area contributed by atoms with E-state index in [0.29, 0.717) is 5.56 Å². The quantitative estimate of drug-likeness (QED) is 0.440. The molecule has 0 bridgehead atoms. The molecule has 132 valence electrons. The lowest BCUT2D eigenvalue weighted by molar-refractivity contribution is -0.142. The molecule has 1 aromatic carbocycles. The number of phenols is 1. The zero-order valence-electron chi connectivity index (χ0n) is 13.9. The van der Waals surface area contributed by atoms with Gasteiger partial charge in [-0.2, -0.15) is 0 Å². The summed E-state index contributed by atoms with van der Waals surface area (Å²) in [6, 6.07) is 3.58. The van der Waals surface area contributed by atoms with E-state index >= 15 is 0 Å². The van der Waals surface area contributed by atoms with E-state index in [-0.39, 0.29) is 18.1 Å². The Balaban J connectivity index is 2.67. The SMILES string of the molecule is CNC(C)C(=O)NC(C)C(=O)NC(Cc1ccc(O)cc1)C(=O)O. The first kappa shape index (κ1) is 19.4. The third-order valence-electron chi connectivity index (χ3n) is 3.57. The van der Waals surface area contributed by atoms with Gasteiger partial charge in [-0.25, -0.2) is 4.79 Å². The van der Waals surface area contributed by atoms with Crippen molar-refractivity contribution in [2.75, 3.05) is 7.05 Å². The van der Waals surface area contributed by atoms with Gasteiger partial charge in [0.1, 0.15) is 17.8 Å². The van der Waals surface area contributed by atoms with Crippen molar-refractivity contribution in [3.63, 3.8) is 0 Å². The van der Waals surface area contributed by atoms with Crippen molar-refractivity contribution in [3.05, 3.63) is 29.8 Å². The summed E-state index contributed by atoms with van der Waals surface area (Å²) in [5.74, 6) is -2.05. The zero-order chi connectivity index (χ0) is 18.3. The third kappa shape index (κ3) is 5.88. The summed E-state index contributed by atoms with van der Waals surface area (Å²) in [6.07, 6.45) is 0.0644. The van der Waals surface area contributed by atoms with Gasteiger partial charge in [0.25, 0.3) is 0 Å². The van der Waals surface area contributed by atoms with Crippen LogP contribution in [0.4, 0.5) is 0 Å². The molecule has 0 aromatic heterocycles. The number of rotatable bonds is 8. The third-order valence-corrected chi connectivity index (χ3v) is 3.57. The molecule has 24 heavy (non-hydrogen) atoms. The number of phenolic OH excluding ortho intramolecular Hbond substituents is 1. The first-order chi connectivity index (χ1) is 11.2. The van der Waals surface area contributed by atoms with Crippen LogP contribution < -0.4 is 16.0 Å². The predicted molar refractivity (Wildman–Crippen MR) is 87.5 cm³/mol. The number of amides is 2. The van der Waals surface area contributed by atoms with Crippen LogP contribution in [0.25, 0.3) is 0 Å². The highest BCUT2D eigenvalue weighted by molar-refractivity contribution is 5.91. The van der Waals surface area contributed by atoms with Crippen molar-refractivity contribution in [2.45, 2.75) is 38.4 Å². The molecular weight excluding hydrogens is 314 g/mol. The number of aliphatic carboxylic acids is 1. The molecule has 0 aliphatic heterocycles. The summed E-state index contributed by atoms with van der Waals surface area (Å²) in [6.45, 7) is 3.12. The van der Waals surface area contributed by atoms with Crippen molar-refractivity contribution in [1.29, 1.82) is 0 Å². The van der Waals surface area contributed by atoms with E-state index in [1.54, 1.807) is 26.1 Å². The second kappa shape index (κ2) is 8.88. The van der Waals surface area contributed by atoms with Gasteiger partial charge in [0, 0.05) is 6.42 Å². The van der Waals surface area contributed by atoms with Crippen LogP contribution in [0.15, 0.2) is 24.3 Å². The van der Waals surface area contributed by atoms with Gasteiger partial charge in [0.05, 0.1) is 6.04 Å². The standard InChI is InChI=1S/C16H23N3O5/c1-9(17-3)14(21)18-10(2)15(22)19-13(16(23)24)8-11-4-6-12(20)7-5-11/h4-7,9-10,13,17,20H,8H2,1-3H3,(H,18,21)(H,19,22)(H,23,24). The van der Waals surface area contributed by atoms with Gasteiger partial charge in [-0.15, -0.1) is 0 Å². The molecular formula is C16H23N3O5. The second-order valence-electron chi connectivity index (χ2n) is 5.51. The average molecular weight is 337 g/mol. The van der Waals surface area contributed by atoms with Crippen LogP contribution in [-0.2, 0) is 20.8 Å². The van der Waals surface area contributed by atoms with Crippen LogP contribution >= 0.6 is 0 Å². The van der Waals surface area contributed by atoms with Crippen molar-refractivity contribution in [2.24, 2.45) is 0 Å². The molecule has 8 heteroatoms. The highest BCUT2D eigenvalue weighted by Gasteiger charge is 2.25. The summed E-state index contributed by atoms with van der Waals surface area (Å²) in [5.41, 5.74) is 0.654. The molecule has 0 saturated carbocycles. The Morgan fingerprint density at radius 2 is 1.54 bits per heavy atom. The van der Waals surface area contributed by atoms with E-state index in [4.69, 9.17) is 0 Å². The van der Waals surface area contributed by atoms with Gasteiger partial charge in [0.2, 0.25) is 11.8 Å². The minimum atomic E-state index is -1.18. The molecule has 3 atom stereocenters. The number of carbonyl (C=O) groups excluding carboxylic acids is 2. The van der Waals surface area contributed by atoms with Crippen LogP contribution in [0.5, 0.6) is 5.75 Å². The van der Waals surface area contributed by atoms with Crippen molar-refractivity contribution >= 4 is 17.8 Å². The Morgan fingerprint density at radius 3 is 2.04 bits per heavy atom. The minimum Gasteiger partial charge on any atom is -0.508 e. The molecule has 5 N–H and O–H groups in total. The molecule has 0 radical (unpaired) electrons. The lowest BCUT2D eigenvalue weighted by Gasteiger charge is -2.20. The Hall–Kier alpha value is -2.61. The molecule has 8 nitrogen and oxygen atoms in total. The summed E-state index contributed by atoms with van der Waals surface area (Å²) in [5, 5.41) is 26.2. The molecule has 0 aliphatic rings. The fourth-order valence-corrected chi connectivity index (χ4v) is 1.90. The molecule has 0 aliphatic carbocycles. The average Bonchev–Trinajstić information content (AvgIpc) is 2.54. The lowest BCUT2D eigenvalue weighted by atomic mass is 10.1. The first-order valence-corrected chi connectivity index (χ1v) is 7.53. The molecule has 0 fully saturated rings. The van der Waals surface area contributed by atoms with Gasteiger partial charge >= 0.3 is 5.97 Å².